The van der Waals surface area contributed by atoms with Gasteiger partial charge in [-0.1, -0.05) is 11.6 Å². The first-order valence-electron chi connectivity index (χ1n) is 6.73. The fraction of sp³-hybridized carbons (Fsp3) is 0.500. The highest BCUT2D eigenvalue weighted by Crippen LogP contribution is 2.31. The van der Waals surface area contributed by atoms with E-state index in [2.05, 4.69) is 0 Å². The highest BCUT2D eigenvalue weighted by atomic mass is 35.5. The summed E-state index contributed by atoms with van der Waals surface area (Å²) >= 11 is 5.98. The van der Waals surface area contributed by atoms with Crippen LogP contribution in [-0.2, 0) is 9.84 Å². The number of ether oxygens (including phenoxy) is 1. The minimum absolute atomic E-state index is 0.0588. The number of anilines is 1. The van der Waals surface area contributed by atoms with Gasteiger partial charge in [-0.25, -0.2) is 8.42 Å². The van der Waals surface area contributed by atoms with Gasteiger partial charge >= 0.3 is 0 Å². The Morgan fingerprint density at radius 3 is 2.59 bits per heavy atom. The topological polar surface area (TPSA) is 89.7 Å². The molecule has 0 aliphatic carbocycles. The lowest BCUT2D eigenvalue weighted by atomic mass is 10.1. The maximum absolute atomic E-state index is 12.7. The van der Waals surface area contributed by atoms with Crippen LogP contribution < -0.4 is 10.5 Å². The molecule has 1 saturated heterocycles. The summed E-state index contributed by atoms with van der Waals surface area (Å²) in [5.74, 6) is -0.0589. The van der Waals surface area contributed by atoms with Crippen LogP contribution >= 0.6 is 11.6 Å². The number of rotatable bonds is 2. The van der Waals surface area contributed by atoms with E-state index in [4.69, 9.17) is 22.1 Å². The number of carbonyl (C=O) groups excluding carboxylic acids is 1. The predicted molar refractivity (Wildman–Crippen MR) is 86.2 cm³/mol. The first-order chi connectivity index (χ1) is 10.1. The minimum Gasteiger partial charge on any atom is -0.496 e. The molecule has 8 heteroatoms. The van der Waals surface area contributed by atoms with Crippen LogP contribution in [0.4, 0.5) is 5.69 Å². The third-order valence-electron chi connectivity index (χ3n) is 3.88. The average molecular weight is 347 g/mol. The quantitative estimate of drug-likeness (QED) is 0.821. The zero-order valence-electron chi connectivity index (χ0n) is 12.7. The third kappa shape index (κ3) is 2.87. The molecule has 0 spiro atoms. The molecule has 0 unspecified atom stereocenters. The molecule has 1 aliphatic heterocycles. The molecule has 122 valence electrons. The SMILES string of the molecule is COc1cc(N)c(Cl)cc1C(=O)N1CCS(=O)(=O)C(C)(C)C1. The zero-order chi connectivity index (χ0) is 16.7. The number of nitrogen functional groups attached to an aromatic ring is 1. The lowest BCUT2D eigenvalue weighted by Gasteiger charge is -2.37. The maximum Gasteiger partial charge on any atom is 0.257 e. The lowest BCUT2D eigenvalue weighted by Crippen LogP contribution is -2.54. The second-order valence-corrected chi connectivity index (χ2v) is 9.03. The molecule has 0 saturated carbocycles. The second-order valence-electron chi connectivity index (χ2n) is 5.88. The van der Waals surface area contributed by atoms with Crippen molar-refractivity contribution >= 4 is 33.0 Å². The van der Waals surface area contributed by atoms with Gasteiger partial charge in [0.2, 0.25) is 0 Å². The van der Waals surface area contributed by atoms with Gasteiger partial charge in [0.25, 0.3) is 5.91 Å². The molecule has 0 radical (unpaired) electrons. The van der Waals surface area contributed by atoms with E-state index in [0.29, 0.717) is 11.4 Å². The molecule has 2 rings (SSSR count). The molecule has 1 fully saturated rings. The van der Waals surface area contributed by atoms with Crippen molar-refractivity contribution in [3.63, 3.8) is 0 Å². The van der Waals surface area contributed by atoms with Crippen LogP contribution in [-0.4, -0.2) is 49.9 Å². The molecule has 22 heavy (non-hydrogen) atoms. The number of carbonyl (C=O) groups is 1. The number of hydrogen-bond acceptors (Lipinski definition) is 5. The molecule has 0 aromatic heterocycles. The average Bonchev–Trinajstić information content (AvgIpc) is 2.43. The van der Waals surface area contributed by atoms with Crippen molar-refractivity contribution in [1.82, 2.24) is 4.90 Å². The normalized spacial score (nSPS) is 19.7. The number of nitrogens with zero attached hydrogens (tertiary/aromatic N) is 1. The first kappa shape index (κ1) is 16.9. The Bertz CT molecular complexity index is 716. The molecule has 2 N–H and O–H groups in total. The van der Waals surface area contributed by atoms with Crippen LogP contribution in [0.2, 0.25) is 5.02 Å². The zero-order valence-corrected chi connectivity index (χ0v) is 14.3. The van der Waals surface area contributed by atoms with E-state index in [1.807, 2.05) is 0 Å². The van der Waals surface area contributed by atoms with Crippen LogP contribution in [0.3, 0.4) is 0 Å². The van der Waals surface area contributed by atoms with E-state index in [9.17, 15) is 13.2 Å². The number of amides is 1. The Morgan fingerprint density at radius 1 is 1.41 bits per heavy atom. The van der Waals surface area contributed by atoms with Gasteiger partial charge in [0.15, 0.2) is 9.84 Å². The third-order valence-corrected chi connectivity index (χ3v) is 6.74. The number of nitrogens with two attached hydrogens (primary N) is 1. The summed E-state index contributed by atoms with van der Waals surface area (Å²) in [7, 11) is -1.78. The van der Waals surface area contributed by atoms with E-state index in [0.717, 1.165) is 0 Å². The molecular formula is C14H19ClN2O4S. The van der Waals surface area contributed by atoms with Crippen LogP contribution in [0.25, 0.3) is 0 Å². The van der Waals surface area contributed by atoms with Crippen LogP contribution in [0, 0.1) is 0 Å². The van der Waals surface area contributed by atoms with E-state index >= 15 is 0 Å². The largest absolute Gasteiger partial charge is 0.496 e. The second kappa shape index (κ2) is 5.62. The van der Waals surface area contributed by atoms with E-state index in [1.165, 1.54) is 24.1 Å². The van der Waals surface area contributed by atoms with Crippen molar-refractivity contribution in [2.45, 2.75) is 18.6 Å². The molecule has 0 bridgehead atoms. The smallest absolute Gasteiger partial charge is 0.257 e. The molecule has 1 aromatic rings. The molecule has 6 nitrogen and oxygen atoms in total. The summed E-state index contributed by atoms with van der Waals surface area (Å²) in [6, 6.07) is 2.94. The summed E-state index contributed by atoms with van der Waals surface area (Å²) in [6.07, 6.45) is 0. The molecular weight excluding hydrogens is 328 g/mol. The Kier molecular flexibility index (Phi) is 4.32. The van der Waals surface area contributed by atoms with Gasteiger partial charge in [0.1, 0.15) is 5.75 Å². The maximum atomic E-state index is 12.7. The van der Waals surface area contributed by atoms with Gasteiger partial charge < -0.3 is 15.4 Å². The van der Waals surface area contributed by atoms with Gasteiger partial charge in [-0.3, -0.25) is 4.79 Å². The standard InChI is InChI=1S/C14H19ClN2O4S/c1-14(2)8-17(4-5-22(14,19)20)13(18)9-6-10(15)11(16)7-12(9)21-3/h6-7H,4-5,8,16H2,1-3H3. The number of halogens is 1. The summed E-state index contributed by atoms with van der Waals surface area (Å²) in [6.45, 7) is 3.51. The van der Waals surface area contributed by atoms with Gasteiger partial charge in [0.05, 0.1) is 33.9 Å². The van der Waals surface area contributed by atoms with Crippen LogP contribution in [0.1, 0.15) is 24.2 Å². The van der Waals surface area contributed by atoms with Crippen LogP contribution in [0.15, 0.2) is 12.1 Å². The molecule has 1 aliphatic rings. The van der Waals surface area contributed by atoms with Gasteiger partial charge in [-0.2, -0.15) is 0 Å². The monoisotopic (exact) mass is 346 g/mol. The van der Waals surface area contributed by atoms with Crippen molar-refractivity contribution in [2.24, 2.45) is 0 Å². The Labute approximate surface area is 135 Å². The van der Waals surface area contributed by atoms with Gasteiger partial charge in [0, 0.05) is 19.2 Å². The fourth-order valence-electron chi connectivity index (χ4n) is 2.39. The van der Waals surface area contributed by atoms with Gasteiger partial charge in [-0.05, 0) is 19.9 Å². The minimum atomic E-state index is -3.21. The number of hydrogen-bond donors (Lipinski definition) is 1. The highest BCUT2D eigenvalue weighted by Gasteiger charge is 2.42. The van der Waals surface area contributed by atoms with Crippen LogP contribution in [0.5, 0.6) is 5.75 Å². The molecule has 1 aromatic carbocycles. The number of benzene rings is 1. The Balaban J connectivity index is 2.36. The predicted octanol–water partition coefficient (Wildman–Crippen LogP) is 1.58. The van der Waals surface area contributed by atoms with Crippen molar-refractivity contribution in [3.05, 3.63) is 22.7 Å². The first-order valence-corrected chi connectivity index (χ1v) is 8.76. The highest BCUT2D eigenvalue weighted by molar-refractivity contribution is 7.92. The van der Waals surface area contributed by atoms with Gasteiger partial charge in [-0.15, -0.1) is 0 Å². The van der Waals surface area contributed by atoms with Crippen molar-refractivity contribution in [3.8, 4) is 5.75 Å². The fourth-order valence-corrected chi connectivity index (χ4v) is 3.92. The number of methoxy groups -OCH3 is 1. The van der Waals surface area contributed by atoms with Crippen molar-refractivity contribution in [1.29, 1.82) is 0 Å². The molecule has 0 atom stereocenters. The Morgan fingerprint density at radius 2 is 2.05 bits per heavy atom. The van der Waals surface area contributed by atoms with Crippen molar-refractivity contribution in [2.75, 3.05) is 31.7 Å². The summed E-state index contributed by atoms with van der Waals surface area (Å²) in [4.78, 5) is 14.2. The summed E-state index contributed by atoms with van der Waals surface area (Å²) in [5, 5.41) is 0.257. The summed E-state index contributed by atoms with van der Waals surface area (Å²) in [5.41, 5.74) is 6.30. The molecule has 1 amide bonds. The summed E-state index contributed by atoms with van der Waals surface area (Å²) < 4.78 is 28.3. The van der Waals surface area contributed by atoms with E-state index in [1.54, 1.807) is 13.8 Å². The van der Waals surface area contributed by atoms with E-state index < -0.39 is 14.6 Å². The van der Waals surface area contributed by atoms with Crippen molar-refractivity contribution < 1.29 is 17.9 Å². The Hall–Kier alpha value is -1.47. The van der Waals surface area contributed by atoms with E-state index in [-0.39, 0.29) is 35.3 Å². The molecule has 1 heterocycles. The number of sulfone groups is 1. The lowest BCUT2D eigenvalue weighted by molar-refractivity contribution is 0.0740.